The highest BCUT2D eigenvalue weighted by Gasteiger charge is 2.17. The number of halogens is 1. The molecule has 0 unspecified atom stereocenters. The third-order valence-electron chi connectivity index (χ3n) is 2.30. The fourth-order valence-electron chi connectivity index (χ4n) is 1.59. The summed E-state index contributed by atoms with van der Waals surface area (Å²) in [6.07, 6.45) is 6.97. The molecule has 1 rings (SSSR count). The molecule has 0 bridgehead atoms. The van der Waals surface area contributed by atoms with Gasteiger partial charge in [-0.15, -0.1) is 11.6 Å². The molecule has 9 heavy (non-hydrogen) atoms. The Kier molecular flexibility index (Phi) is 2.84. The highest BCUT2D eigenvalue weighted by atomic mass is 35.5. The topological polar surface area (TPSA) is 0 Å². The quantitative estimate of drug-likeness (QED) is 0.499. The largest absolute Gasteiger partial charge is 0.123 e. The molecule has 0 aromatic heterocycles. The first kappa shape index (κ1) is 7.40. The Bertz CT molecular complexity index is 72.6. The molecule has 1 saturated carbocycles. The van der Waals surface area contributed by atoms with Crippen molar-refractivity contribution in [2.45, 2.75) is 44.4 Å². The molecule has 1 heteroatoms. The maximum absolute atomic E-state index is 5.96. The van der Waals surface area contributed by atoms with E-state index in [-0.39, 0.29) is 0 Å². The predicted octanol–water partition coefficient (Wildman–Crippen LogP) is 3.19. The SMILES string of the molecule is C[C@@H](Cl)C1CCCCC1. The Labute approximate surface area is 62.6 Å². The molecule has 0 aliphatic heterocycles. The third kappa shape index (κ3) is 2.17. The van der Waals surface area contributed by atoms with Crippen molar-refractivity contribution < 1.29 is 0 Å². The van der Waals surface area contributed by atoms with Gasteiger partial charge in [0.1, 0.15) is 0 Å². The van der Waals surface area contributed by atoms with Crippen molar-refractivity contribution in [2.24, 2.45) is 5.92 Å². The maximum Gasteiger partial charge on any atom is 0.0336 e. The van der Waals surface area contributed by atoms with Gasteiger partial charge in [0.15, 0.2) is 0 Å². The second-order valence-electron chi connectivity index (χ2n) is 3.08. The van der Waals surface area contributed by atoms with Crippen molar-refractivity contribution in [1.29, 1.82) is 0 Å². The zero-order valence-electron chi connectivity index (χ0n) is 6.07. The molecule has 0 aromatic carbocycles. The highest BCUT2D eigenvalue weighted by Crippen LogP contribution is 2.28. The van der Waals surface area contributed by atoms with E-state index in [0.29, 0.717) is 5.38 Å². The molecule has 0 saturated heterocycles. The Morgan fingerprint density at radius 2 is 1.78 bits per heavy atom. The molecule has 54 valence electrons. The lowest BCUT2D eigenvalue weighted by Gasteiger charge is -2.23. The minimum atomic E-state index is 0.408. The number of alkyl halides is 1. The summed E-state index contributed by atoms with van der Waals surface area (Å²) in [5, 5.41) is 0.408. The summed E-state index contributed by atoms with van der Waals surface area (Å²) in [6, 6.07) is 0. The van der Waals surface area contributed by atoms with Crippen molar-refractivity contribution in [1.82, 2.24) is 0 Å². The van der Waals surface area contributed by atoms with E-state index < -0.39 is 0 Å². The van der Waals surface area contributed by atoms with Gasteiger partial charge in [-0.1, -0.05) is 19.3 Å². The standard InChI is InChI=1S/C8H15Cl/c1-7(9)8-5-3-2-4-6-8/h7-8H,2-6H2,1H3/t7-/m1/s1. The van der Waals surface area contributed by atoms with Crippen molar-refractivity contribution >= 4 is 11.6 Å². The van der Waals surface area contributed by atoms with Crippen molar-refractivity contribution in [3.63, 3.8) is 0 Å². The molecule has 1 atom stereocenters. The number of hydrogen-bond acceptors (Lipinski definition) is 0. The van der Waals surface area contributed by atoms with Crippen molar-refractivity contribution in [3.05, 3.63) is 0 Å². The molecule has 0 nitrogen and oxygen atoms in total. The zero-order chi connectivity index (χ0) is 6.69. The first-order chi connectivity index (χ1) is 4.30. The summed E-state index contributed by atoms with van der Waals surface area (Å²) in [5.41, 5.74) is 0. The molecule has 0 amide bonds. The first-order valence-corrected chi connectivity index (χ1v) is 4.38. The van der Waals surface area contributed by atoms with E-state index >= 15 is 0 Å². The van der Waals surface area contributed by atoms with Gasteiger partial charge >= 0.3 is 0 Å². The average molecular weight is 147 g/mol. The van der Waals surface area contributed by atoms with Crippen LogP contribution in [0, 0.1) is 5.92 Å². The Morgan fingerprint density at radius 1 is 1.22 bits per heavy atom. The van der Waals surface area contributed by atoms with Crippen molar-refractivity contribution in [3.8, 4) is 0 Å². The second kappa shape index (κ2) is 3.46. The van der Waals surface area contributed by atoms with E-state index in [4.69, 9.17) is 11.6 Å². The molecule has 1 fully saturated rings. The van der Waals surface area contributed by atoms with Crippen LogP contribution in [0.5, 0.6) is 0 Å². The molecule has 0 aromatic rings. The van der Waals surface area contributed by atoms with Crippen LogP contribution in [-0.4, -0.2) is 5.38 Å². The summed E-state index contributed by atoms with van der Waals surface area (Å²) in [5.74, 6) is 0.820. The van der Waals surface area contributed by atoms with Gasteiger partial charge in [-0.05, 0) is 25.7 Å². The Morgan fingerprint density at radius 3 is 2.11 bits per heavy atom. The lowest BCUT2D eigenvalue weighted by Crippen LogP contribution is -2.14. The lowest BCUT2D eigenvalue weighted by atomic mass is 9.87. The van der Waals surface area contributed by atoms with E-state index in [1.807, 2.05) is 0 Å². The molecule has 0 spiro atoms. The normalized spacial score (nSPS) is 26.0. The molecular formula is C8H15Cl. The summed E-state index contributed by atoms with van der Waals surface area (Å²) >= 11 is 5.96. The minimum Gasteiger partial charge on any atom is -0.123 e. The monoisotopic (exact) mass is 146 g/mol. The van der Waals surface area contributed by atoms with Crippen LogP contribution in [0.1, 0.15) is 39.0 Å². The van der Waals surface area contributed by atoms with Crippen LogP contribution in [0.25, 0.3) is 0 Å². The first-order valence-electron chi connectivity index (χ1n) is 3.95. The smallest absolute Gasteiger partial charge is 0.0336 e. The third-order valence-corrected chi connectivity index (χ3v) is 2.66. The fourth-order valence-corrected chi connectivity index (χ4v) is 1.85. The van der Waals surface area contributed by atoms with Crippen LogP contribution in [0.3, 0.4) is 0 Å². The lowest BCUT2D eigenvalue weighted by molar-refractivity contribution is 0.354. The van der Waals surface area contributed by atoms with Gasteiger partial charge in [-0.2, -0.15) is 0 Å². The highest BCUT2D eigenvalue weighted by molar-refractivity contribution is 6.20. The van der Waals surface area contributed by atoms with Gasteiger partial charge in [0.25, 0.3) is 0 Å². The van der Waals surface area contributed by atoms with Crippen LogP contribution >= 0.6 is 11.6 Å². The van der Waals surface area contributed by atoms with Crippen LogP contribution in [0.15, 0.2) is 0 Å². The van der Waals surface area contributed by atoms with E-state index in [0.717, 1.165) is 5.92 Å². The zero-order valence-corrected chi connectivity index (χ0v) is 6.82. The van der Waals surface area contributed by atoms with Gasteiger partial charge in [-0.25, -0.2) is 0 Å². The van der Waals surface area contributed by atoms with E-state index in [1.165, 1.54) is 32.1 Å². The Hall–Kier alpha value is 0.290. The van der Waals surface area contributed by atoms with Gasteiger partial charge in [0.2, 0.25) is 0 Å². The van der Waals surface area contributed by atoms with Crippen LogP contribution < -0.4 is 0 Å². The predicted molar refractivity (Wildman–Crippen MR) is 41.9 cm³/mol. The van der Waals surface area contributed by atoms with Crippen LogP contribution in [0.2, 0.25) is 0 Å². The minimum absolute atomic E-state index is 0.408. The van der Waals surface area contributed by atoms with Gasteiger partial charge in [-0.3, -0.25) is 0 Å². The van der Waals surface area contributed by atoms with Crippen LogP contribution in [-0.2, 0) is 0 Å². The molecule has 1 aliphatic carbocycles. The summed E-state index contributed by atoms with van der Waals surface area (Å²) < 4.78 is 0. The summed E-state index contributed by atoms with van der Waals surface area (Å²) in [6.45, 7) is 2.12. The molecule has 0 heterocycles. The van der Waals surface area contributed by atoms with E-state index in [9.17, 15) is 0 Å². The molecule has 0 radical (unpaired) electrons. The van der Waals surface area contributed by atoms with Crippen molar-refractivity contribution in [2.75, 3.05) is 0 Å². The number of rotatable bonds is 1. The van der Waals surface area contributed by atoms with Crippen LogP contribution in [0.4, 0.5) is 0 Å². The summed E-state index contributed by atoms with van der Waals surface area (Å²) in [4.78, 5) is 0. The maximum atomic E-state index is 5.96. The van der Waals surface area contributed by atoms with E-state index in [2.05, 4.69) is 6.92 Å². The van der Waals surface area contributed by atoms with Gasteiger partial charge in [0.05, 0.1) is 0 Å². The molecule has 0 N–H and O–H groups in total. The summed E-state index contributed by atoms with van der Waals surface area (Å²) in [7, 11) is 0. The Balaban J connectivity index is 2.23. The van der Waals surface area contributed by atoms with Gasteiger partial charge < -0.3 is 0 Å². The van der Waals surface area contributed by atoms with E-state index in [1.54, 1.807) is 0 Å². The van der Waals surface area contributed by atoms with Gasteiger partial charge in [0, 0.05) is 5.38 Å². The average Bonchev–Trinajstić information content (AvgIpc) is 1.90. The second-order valence-corrected chi connectivity index (χ2v) is 3.76. The fraction of sp³-hybridized carbons (Fsp3) is 1.00. The number of hydrogen-bond donors (Lipinski definition) is 0. The molecular weight excluding hydrogens is 132 g/mol. The molecule has 1 aliphatic rings.